The van der Waals surface area contributed by atoms with Gasteiger partial charge in [0.2, 0.25) is 0 Å². The number of benzene rings is 2. The molecule has 5 heteroatoms. The summed E-state index contributed by atoms with van der Waals surface area (Å²) in [5.41, 5.74) is 2.28. The summed E-state index contributed by atoms with van der Waals surface area (Å²) in [6, 6.07) is 18.3. The molecule has 0 amide bonds. The van der Waals surface area contributed by atoms with Crippen LogP contribution in [0.1, 0.15) is 45.2 Å². The summed E-state index contributed by atoms with van der Waals surface area (Å²) in [4.78, 5) is 0. The molecule has 2 aromatic carbocycles. The zero-order chi connectivity index (χ0) is 25.3. The summed E-state index contributed by atoms with van der Waals surface area (Å²) in [7, 11) is 1.68. The van der Waals surface area contributed by atoms with Crippen LogP contribution in [0.5, 0.6) is 5.75 Å². The SMILES string of the molecule is C=CC[C@@H]1COC(C)(C)O[C@H]1[C@H](C)[C@H](OCc1ccc(OC)cc1)[C@H](C)COCc1ccccc1. The van der Waals surface area contributed by atoms with Crippen molar-refractivity contribution >= 4 is 0 Å². The van der Waals surface area contributed by atoms with E-state index in [2.05, 4.69) is 32.6 Å². The lowest BCUT2D eigenvalue weighted by atomic mass is 9.81. The molecule has 2 aromatic rings. The molecule has 1 aliphatic heterocycles. The van der Waals surface area contributed by atoms with Gasteiger partial charge in [0.15, 0.2) is 5.79 Å². The highest BCUT2D eigenvalue weighted by Gasteiger charge is 2.42. The summed E-state index contributed by atoms with van der Waals surface area (Å²) < 4.78 is 30.5. The molecule has 5 atom stereocenters. The third-order valence-electron chi connectivity index (χ3n) is 6.69. The van der Waals surface area contributed by atoms with Gasteiger partial charge in [0.1, 0.15) is 5.75 Å². The number of allylic oxidation sites excluding steroid dienone is 1. The van der Waals surface area contributed by atoms with E-state index in [0.717, 1.165) is 17.7 Å². The van der Waals surface area contributed by atoms with Crippen molar-refractivity contribution in [2.45, 2.75) is 65.3 Å². The topological polar surface area (TPSA) is 46.2 Å². The number of ether oxygens (including phenoxy) is 5. The second-order valence-electron chi connectivity index (χ2n) is 10.0. The molecule has 35 heavy (non-hydrogen) atoms. The van der Waals surface area contributed by atoms with Gasteiger partial charge in [0, 0.05) is 17.8 Å². The largest absolute Gasteiger partial charge is 0.497 e. The Morgan fingerprint density at radius 1 is 1.03 bits per heavy atom. The van der Waals surface area contributed by atoms with E-state index >= 15 is 0 Å². The van der Waals surface area contributed by atoms with E-state index in [1.165, 1.54) is 5.56 Å². The van der Waals surface area contributed by atoms with Crippen molar-refractivity contribution in [1.29, 1.82) is 0 Å². The second kappa shape index (κ2) is 13.2. The third-order valence-corrected chi connectivity index (χ3v) is 6.69. The van der Waals surface area contributed by atoms with Crippen molar-refractivity contribution in [3.05, 3.63) is 78.4 Å². The molecule has 0 radical (unpaired) electrons. The highest BCUT2D eigenvalue weighted by Crippen LogP contribution is 2.36. The van der Waals surface area contributed by atoms with Gasteiger partial charge in [-0.1, -0.05) is 62.4 Å². The van der Waals surface area contributed by atoms with Crippen molar-refractivity contribution in [2.24, 2.45) is 17.8 Å². The molecule has 0 unspecified atom stereocenters. The minimum atomic E-state index is -0.621. The first-order valence-corrected chi connectivity index (χ1v) is 12.6. The molecule has 0 saturated carbocycles. The van der Waals surface area contributed by atoms with E-state index in [-0.39, 0.29) is 30.0 Å². The molecule has 0 aromatic heterocycles. The summed E-state index contributed by atoms with van der Waals surface area (Å²) in [6.45, 7) is 14.7. The van der Waals surface area contributed by atoms with Gasteiger partial charge in [-0.25, -0.2) is 0 Å². The van der Waals surface area contributed by atoms with Gasteiger partial charge in [-0.15, -0.1) is 6.58 Å². The Morgan fingerprint density at radius 2 is 1.71 bits per heavy atom. The number of rotatable bonds is 13. The van der Waals surface area contributed by atoms with E-state index in [0.29, 0.717) is 26.4 Å². The van der Waals surface area contributed by atoms with Gasteiger partial charge in [-0.2, -0.15) is 0 Å². The molecule has 1 saturated heterocycles. The van der Waals surface area contributed by atoms with E-state index in [1.54, 1.807) is 7.11 Å². The van der Waals surface area contributed by atoms with Crippen LogP contribution < -0.4 is 4.74 Å². The predicted molar refractivity (Wildman–Crippen MR) is 139 cm³/mol. The highest BCUT2D eigenvalue weighted by molar-refractivity contribution is 5.26. The van der Waals surface area contributed by atoms with E-state index in [1.807, 2.05) is 62.4 Å². The Balaban J connectivity index is 1.72. The summed E-state index contributed by atoms with van der Waals surface area (Å²) >= 11 is 0. The number of methoxy groups -OCH3 is 1. The molecule has 0 aliphatic carbocycles. The van der Waals surface area contributed by atoms with Crippen LogP contribution in [-0.2, 0) is 32.2 Å². The van der Waals surface area contributed by atoms with Crippen LogP contribution in [0.4, 0.5) is 0 Å². The number of hydrogen-bond acceptors (Lipinski definition) is 5. The monoisotopic (exact) mass is 482 g/mol. The first-order chi connectivity index (χ1) is 16.8. The fourth-order valence-corrected chi connectivity index (χ4v) is 4.78. The molecule has 1 heterocycles. The zero-order valence-electron chi connectivity index (χ0n) is 21.9. The fourth-order valence-electron chi connectivity index (χ4n) is 4.78. The Labute approximate surface area is 211 Å². The molecule has 5 nitrogen and oxygen atoms in total. The molecule has 0 N–H and O–H groups in total. The van der Waals surface area contributed by atoms with E-state index in [9.17, 15) is 0 Å². The van der Waals surface area contributed by atoms with E-state index in [4.69, 9.17) is 23.7 Å². The maximum atomic E-state index is 6.61. The lowest BCUT2D eigenvalue weighted by molar-refractivity contribution is -0.308. The van der Waals surface area contributed by atoms with Crippen molar-refractivity contribution in [1.82, 2.24) is 0 Å². The van der Waals surface area contributed by atoms with Gasteiger partial charge < -0.3 is 23.7 Å². The summed E-state index contributed by atoms with van der Waals surface area (Å²) in [5.74, 6) is 0.763. The van der Waals surface area contributed by atoms with Gasteiger partial charge in [0.25, 0.3) is 0 Å². The Hall–Kier alpha value is -2.18. The minimum Gasteiger partial charge on any atom is -0.497 e. The van der Waals surface area contributed by atoms with Crippen LogP contribution in [-0.4, -0.2) is 38.3 Å². The van der Waals surface area contributed by atoms with Crippen molar-refractivity contribution < 1.29 is 23.7 Å². The zero-order valence-corrected chi connectivity index (χ0v) is 21.9. The van der Waals surface area contributed by atoms with Gasteiger partial charge in [0.05, 0.1) is 45.7 Å². The standard InChI is InChI=1S/C30H42O5/c1-7-11-26-21-34-30(4,5)35-29(26)23(3)28(33-20-25-14-16-27(31-6)17-15-25)22(2)18-32-19-24-12-9-8-10-13-24/h7-10,12-17,22-23,26,28-29H,1,11,18-21H2,2-6H3/t22-,23-,26-,28-,29+/m1/s1. The van der Waals surface area contributed by atoms with Gasteiger partial charge in [-0.3, -0.25) is 0 Å². The first-order valence-electron chi connectivity index (χ1n) is 12.6. The average molecular weight is 483 g/mol. The quantitative estimate of drug-likeness (QED) is 0.309. The van der Waals surface area contributed by atoms with Gasteiger partial charge >= 0.3 is 0 Å². The van der Waals surface area contributed by atoms with Crippen molar-refractivity contribution in [3.8, 4) is 5.75 Å². The van der Waals surface area contributed by atoms with Crippen LogP contribution in [0.3, 0.4) is 0 Å². The molecule has 0 bridgehead atoms. The number of hydrogen-bond donors (Lipinski definition) is 0. The van der Waals surface area contributed by atoms with Crippen LogP contribution in [0.2, 0.25) is 0 Å². The Morgan fingerprint density at radius 3 is 2.37 bits per heavy atom. The average Bonchev–Trinajstić information content (AvgIpc) is 2.86. The maximum absolute atomic E-state index is 6.61. The van der Waals surface area contributed by atoms with Crippen LogP contribution >= 0.6 is 0 Å². The summed E-state index contributed by atoms with van der Waals surface area (Å²) in [5, 5.41) is 0. The first kappa shape index (κ1) is 27.4. The normalized spacial score (nSPS) is 22.2. The lowest BCUT2D eigenvalue weighted by Gasteiger charge is -2.46. The highest BCUT2D eigenvalue weighted by atomic mass is 16.7. The van der Waals surface area contributed by atoms with Gasteiger partial charge in [-0.05, 0) is 43.5 Å². The minimum absolute atomic E-state index is 0.00538. The van der Waals surface area contributed by atoms with Crippen molar-refractivity contribution in [3.63, 3.8) is 0 Å². The molecule has 0 spiro atoms. The van der Waals surface area contributed by atoms with Crippen LogP contribution in [0, 0.1) is 17.8 Å². The Bertz CT molecular complexity index is 879. The summed E-state index contributed by atoms with van der Waals surface area (Å²) in [6.07, 6.45) is 2.73. The van der Waals surface area contributed by atoms with Crippen LogP contribution in [0.15, 0.2) is 67.3 Å². The molecule has 1 aliphatic rings. The molecule has 3 rings (SSSR count). The van der Waals surface area contributed by atoms with Crippen molar-refractivity contribution in [2.75, 3.05) is 20.3 Å². The fraction of sp³-hybridized carbons (Fsp3) is 0.533. The second-order valence-corrected chi connectivity index (χ2v) is 10.0. The Kier molecular flexibility index (Phi) is 10.4. The maximum Gasteiger partial charge on any atom is 0.163 e. The third kappa shape index (κ3) is 8.18. The van der Waals surface area contributed by atoms with Crippen LogP contribution in [0.25, 0.3) is 0 Å². The molecule has 192 valence electrons. The predicted octanol–water partition coefficient (Wildman–Crippen LogP) is 6.41. The molecule has 1 fully saturated rings. The molecular weight excluding hydrogens is 440 g/mol. The van der Waals surface area contributed by atoms with E-state index < -0.39 is 5.79 Å². The smallest absolute Gasteiger partial charge is 0.163 e. The molecular formula is C30H42O5. The lowest BCUT2D eigenvalue weighted by Crippen LogP contribution is -2.52.